The summed E-state index contributed by atoms with van der Waals surface area (Å²) in [6.07, 6.45) is 0. The first-order valence-electron chi connectivity index (χ1n) is 3.45. The molecule has 0 unspecified atom stereocenters. The van der Waals surface area contributed by atoms with Crippen molar-refractivity contribution in [2.24, 2.45) is 0 Å². The molecule has 0 radical (unpaired) electrons. The highest BCUT2D eigenvalue weighted by atomic mass is 16.6. The van der Waals surface area contributed by atoms with E-state index in [4.69, 9.17) is 0 Å². The summed E-state index contributed by atoms with van der Waals surface area (Å²) in [7, 11) is 0. The minimum atomic E-state index is -0.690. The molecule has 0 spiro atoms. The average Bonchev–Trinajstić information content (AvgIpc) is 2.43. The van der Waals surface area contributed by atoms with Crippen LogP contribution in [-0.2, 0) is 0 Å². The first-order chi connectivity index (χ1) is 6.18. The zero-order chi connectivity index (χ0) is 9.42. The summed E-state index contributed by atoms with van der Waals surface area (Å²) in [6, 6.07) is 4.24. The Hall–Kier alpha value is -2.11. The zero-order valence-corrected chi connectivity index (χ0v) is 6.31. The van der Waals surface area contributed by atoms with Crippen LogP contribution in [0.15, 0.2) is 27.4 Å². The van der Waals surface area contributed by atoms with Crippen molar-refractivity contribution in [1.29, 1.82) is 0 Å². The van der Waals surface area contributed by atoms with Gasteiger partial charge in [0.2, 0.25) is 0 Å². The maximum absolute atomic E-state index is 10.7. The van der Waals surface area contributed by atoms with E-state index in [0.29, 0.717) is 0 Å². The summed E-state index contributed by atoms with van der Waals surface area (Å²) in [5.74, 6) is -0.690. The Morgan fingerprint density at radius 3 is 2.92 bits per heavy atom. The number of hydrogen-bond acceptors (Lipinski definition) is 4. The molecule has 0 aliphatic carbocycles. The lowest BCUT2D eigenvalue weighted by molar-refractivity contribution is -0.383. The Morgan fingerprint density at radius 1 is 1.46 bits per heavy atom. The molecule has 0 saturated heterocycles. The second-order valence-electron chi connectivity index (χ2n) is 2.42. The van der Waals surface area contributed by atoms with Gasteiger partial charge in [-0.3, -0.25) is 15.1 Å². The van der Waals surface area contributed by atoms with Gasteiger partial charge < -0.3 is 4.42 Å². The van der Waals surface area contributed by atoms with E-state index in [1.165, 1.54) is 18.2 Å². The third-order valence-corrected chi connectivity index (χ3v) is 1.63. The molecule has 2 rings (SSSR count). The number of benzene rings is 1. The molecule has 0 fully saturated rings. The van der Waals surface area contributed by atoms with Crippen LogP contribution in [0.25, 0.3) is 11.1 Å². The number of H-pyrrole nitrogens is 1. The van der Waals surface area contributed by atoms with Gasteiger partial charge in [-0.05, 0) is 6.07 Å². The zero-order valence-electron chi connectivity index (χ0n) is 6.31. The van der Waals surface area contributed by atoms with Gasteiger partial charge >= 0.3 is 5.76 Å². The molecule has 1 aromatic heterocycles. The number of nitrogens with one attached hydrogen (secondary N) is 1. The average molecular weight is 180 g/mol. The van der Waals surface area contributed by atoms with Crippen LogP contribution in [0.2, 0.25) is 0 Å². The lowest BCUT2D eigenvalue weighted by atomic mass is 10.3. The summed E-state index contributed by atoms with van der Waals surface area (Å²) in [6.45, 7) is 0. The molecule has 13 heavy (non-hydrogen) atoms. The number of oxazole rings is 1. The van der Waals surface area contributed by atoms with Crippen LogP contribution in [0.4, 0.5) is 5.69 Å². The third kappa shape index (κ3) is 1.08. The predicted octanol–water partition coefficient (Wildman–Crippen LogP) is 1.03. The molecular formula is C7H4N2O4. The Balaban J connectivity index is 2.90. The number of rotatable bonds is 1. The number of nitro benzene ring substituents is 1. The molecule has 0 saturated carbocycles. The van der Waals surface area contributed by atoms with E-state index in [1.807, 2.05) is 0 Å². The van der Waals surface area contributed by atoms with Gasteiger partial charge in [0, 0.05) is 6.07 Å². The van der Waals surface area contributed by atoms with Crippen molar-refractivity contribution < 1.29 is 9.34 Å². The molecule has 6 heteroatoms. The number of para-hydroxylation sites is 1. The summed E-state index contributed by atoms with van der Waals surface area (Å²) < 4.78 is 4.64. The maximum Gasteiger partial charge on any atom is 0.417 e. The molecule has 1 heterocycles. The second-order valence-corrected chi connectivity index (χ2v) is 2.42. The van der Waals surface area contributed by atoms with Gasteiger partial charge in [0.05, 0.1) is 4.92 Å². The van der Waals surface area contributed by atoms with Crippen LogP contribution >= 0.6 is 0 Å². The Labute approximate surface area is 70.9 Å². The van der Waals surface area contributed by atoms with E-state index < -0.39 is 10.7 Å². The number of nitrogens with zero attached hydrogens (tertiary/aromatic N) is 1. The van der Waals surface area contributed by atoms with Crippen LogP contribution in [-0.4, -0.2) is 9.91 Å². The fourth-order valence-electron chi connectivity index (χ4n) is 1.11. The van der Waals surface area contributed by atoms with Gasteiger partial charge in [0.25, 0.3) is 5.69 Å². The van der Waals surface area contributed by atoms with E-state index in [1.54, 1.807) is 0 Å². The lowest BCUT2D eigenvalue weighted by Crippen LogP contribution is -1.94. The summed E-state index contributed by atoms with van der Waals surface area (Å²) >= 11 is 0. The van der Waals surface area contributed by atoms with E-state index in [-0.39, 0.29) is 16.8 Å². The van der Waals surface area contributed by atoms with Crippen molar-refractivity contribution in [3.8, 4) is 0 Å². The smallest absolute Gasteiger partial charge is 0.408 e. The van der Waals surface area contributed by atoms with Gasteiger partial charge in [0.15, 0.2) is 11.1 Å². The molecule has 66 valence electrons. The van der Waals surface area contributed by atoms with Gasteiger partial charge in [-0.2, -0.15) is 0 Å². The topological polar surface area (TPSA) is 89.1 Å². The van der Waals surface area contributed by atoms with Crippen molar-refractivity contribution in [1.82, 2.24) is 4.98 Å². The quantitative estimate of drug-likeness (QED) is 0.524. The van der Waals surface area contributed by atoms with Gasteiger partial charge in [-0.15, -0.1) is 0 Å². The van der Waals surface area contributed by atoms with Crippen LogP contribution in [0, 0.1) is 10.1 Å². The van der Waals surface area contributed by atoms with E-state index in [9.17, 15) is 14.9 Å². The normalized spacial score (nSPS) is 10.5. The molecule has 2 aromatic rings. The Bertz CT molecular complexity index is 525. The highest BCUT2D eigenvalue weighted by Gasteiger charge is 2.14. The van der Waals surface area contributed by atoms with Crippen molar-refractivity contribution >= 4 is 16.8 Å². The first kappa shape index (κ1) is 7.53. The summed E-state index contributed by atoms with van der Waals surface area (Å²) in [5.41, 5.74) is 0.153. The summed E-state index contributed by atoms with van der Waals surface area (Å²) in [4.78, 5) is 22.9. The van der Waals surface area contributed by atoms with Crippen molar-refractivity contribution in [2.75, 3.05) is 0 Å². The van der Waals surface area contributed by atoms with Crippen molar-refractivity contribution in [3.63, 3.8) is 0 Å². The van der Waals surface area contributed by atoms with Gasteiger partial charge in [-0.1, -0.05) is 6.07 Å². The number of hydrogen-bond donors (Lipinski definition) is 1. The molecule has 0 aliphatic heterocycles. The van der Waals surface area contributed by atoms with Crippen LogP contribution in [0.1, 0.15) is 0 Å². The highest BCUT2D eigenvalue weighted by Crippen LogP contribution is 2.21. The number of fused-ring (bicyclic) bond motifs is 1. The minimum Gasteiger partial charge on any atom is -0.408 e. The second kappa shape index (κ2) is 2.44. The monoisotopic (exact) mass is 180 g/mol. The van der Waals surface area contributed by atoms with E-state index >= 15 is 0 Å². The standard InChI is InChI=1S/C7H4N2O4/c10-7-8-6-4(9(11)12)2-1-3-5(6)13-7/h1-3H,(H,8,10). The SMILES string of the molecule is O=c1[nH]c2c([N+](=O)[O-])cccc2o1. The van der Waals surface area contributed by atoms with Crippen LogP contribution < -0.4 is 5.76 Å². The fraction of sp³-hybridized carbons (Fsp3) is 0. The van der Waals surface area contributed by atoms with Crippen LogP contribution in [0.3, 0.4) is 0 Å². The van der Waals surface area contributed by atoms with Crippen molar-refractivity contribution in [2.45, 2.75) is 0 Å². The number of aromatic nitrogens is 1. The summed E-state index contributed by atoms with van der Waals surface area (Å²) in [5, 5.41) is 10.5. The first-order valence-corrected chi connectivity index (χ1v) is 3.45. The molecule has 0 aliphatic rings. The number of non-ortho nitro benzene ring substituents is 1. The molecular weight excluding hydrogens is 176 g/mol. The van der Waals surface area contributed by atoms with Crippen LogP contribution in [0.5, 0.6) is 0 Å². The number of aromatic amines is 1. The third-order valence-electron chi connectivity index (χ3n) is 1.63. The van der Waals surface area contributed by atoms with E-state index in [2.05, 4.69) is 9.40 Å². The maximum atomic E-state index is 10.7. The lowest BCUT2D eigenvalue weighted by Gasteiger charge is -1.89. The number of nitro groups is 1. The Kier molecular flexibility index (Phi) is 1.42. The molecule has 1 aromatic carbocycles. The molecule has 0 bridgehead atoms. The predicted molar refractivity (Wildman–Crippen MR) is 43.5 cm³/mol. The van der Waals surface area contributed by atoms with Gasteiger partial charge in [0.1, 0.15) is 0 Å². The van der Waals surface area contributed by atoms with Crippen molar-refractivity contribution in [3.05, 3.63) is 38.9 Å². The van der Waals surface area contributed by atoms with E-state index in [0.717, 1.165) is 0 Å². The minimum absolute atomic E-state index is 0.123. The molecule has 1 N–H and O–H groups in total. The fourth-order valence-corrected chi connectivity index (χ4v) is 1.11. The molecule has 6 nitrogen and oxygen atoms in total. The largest absolute Gasteiger partial charge is 0.417 e. The van der Waals surface area contributed by atoms with Gasteiger partial charge in [-0.25, -0.2) is 4.79 Å². The highest BCUT2D eigenvalue weighted by molar-refractivity contribution is 5.82. The molecule has 0 amide bonds. The Morgan fingerprint density at radius 2 is 2.23 bits per heavy atom. The molecule has 0 atom stereocenters.